The summed E-state index contributed by atoms with van der Waals surface area (Å²) in [6.45, 7) is 3.60. The number of fused-ring (bicyclic) bond motifs is 3. The largest absolute Gasteiger partial charge is 0.361 e. The van der Waals surface area contributed by atoms with E-state index in [1.807, 2.05) is 12.1 Å². The standard InChI is InChI=1S/C21H24ClN5O/c1-2-17-10-18(26-28-17)13-3-5-14(6-4-13)21-25-24-20-12-23-11-15-9-16(22)7-8-19(15)27(20)21/h7-10,13-14,23H,2-6,11-12H2,1H3/t13-,14-. The summed E-state index contributed by atoms with van der Waals surface area (Å²) in [5.41, 5.74) is 3.45. The molecule has 28 heavy (non-hydrogen) atoms. The Hall–Kier alpha value is -2.18. The zero-order chi connectivity index (χ0) is 19.1. The topological polar surface area (TPSA) is 68.8 Å². The van der Waals surface area contributed by atoms with E-state index in [4.69, 9.17) is 16.1 Å². The maximum Gasteiger partial charge on any atom is 0.151 e. The van der Waals surface area contributed by atoms with Gasteiger partial charge in [-0.15, -0.1) is 10.2 Å². The molecule has 0 radical (unpaired) electrons. The first-order chi connectivity index (χ1) is 13.7. The number of hydrogen-bond donors (Lipinski definition) is 1. The fourth-order valence-electron chi connectivity index (χ4n) is 4.53. The Balaban J connectivity index is 1.41. The first-order valence-corrected chi connectivity index (χ1v) is 10.5. The van der Waals surface area contributed by atoms with Gasteiger partial charge in [0.05, 0.1) is 17.9 Å². The maximum atomic E-state index is 6.22. The minimum Gasteiger partial charge on any atom is -0.361 e. The number of aryl methyl sites for hydroxylation is 1. The zero-order valence-electron chi connectivity index (χ0n) is 16.0. The van der Waals surface area contributed by atoms with Crippen LogP contribution in [0.2, 0.25) is 5.02 Å². The van der Waals surface area contributed by atoms with Crippen LogP contribution >= 0.6 is 11.6 Å². The van der Waals surface area contributed by atoms with Crippen molar-refractivity contribution in [2.75, 3.05) is 0 Å². The van der Waals surface area contributed by atoms with Gasteiger partial charge >= 0.3 is 0 Å². The fraction of sp³-hybridized carbons (Fsp3) is 0.476. The maximum absolute atomic E-state index is 6.22. The molecule has 2 aliphatic rings. The third kappa shape index (κ3) is 3.14. The van der Waals surface area contributed by atoms with Gasteiger partial charge in [-0.2, -0.15) is 0 Å². The predicted octanol–water partition coefficient (Wildman–Crippen LogP) is 4.52. The van der Waals surface area contributed by atoms with Gasteiger partial charge in [0.1, 0.15) is 11.6 Å². The summed E-state index contributed by atoms with van der Waals surface area (Å²) in [7, 11) is 0. The average molecular weight is 398 g/mol. The Kier molecular flexibility index (Phi) is 4.69. The Morgan fingerprint density at radius 1 is 1.11 bits per heavy atom. The number of benzene rings is 1. The minimum atomic E-state index is 0.414. The van der Waals surface area contributed by atoms with Gasteiger partial charge in [0.25, 0.3) is 0 Å². The van der Waals surface area contributed by atoms with Crippen LogP contribution in [0.1, 0.15) is 73.1 Å². The number of nitrogens with one attached hydrogen (secondary N) is 1. The molecule has 6 nitrogen and oxygen atoms in total. The lowest BCUT2D eigenvalue weighted by Gasteiger charge is -2.27. The molecule has 1 aromatic carbocycles. The molecular weight excluding hydrogens is 374 g/mol. The Morgan fingerprint density at radius 2 is 1.93 bits per heavy atom. The third-order valence-electron chi connectivity index (χ3n) is 6.07. The highest BCUT2D eigenvalue weighted by Crippen LogP contribution is 2.41. The molecule has 1 N–H and O–H groups in total. The van der Waals surface area contributed by atoms with Crippen LogP contribution in [0.4, 0.5) is 0 Å². The van der Waals surface area contributed by atoms with E-state index >= 15 is 0 Å². The summed E-state index contributed by atoms with van der Waals surface area (Å²) in [6, 6.07) is 8.20. The Morgan fingerprint density at radius 3 is 2.71 bits per heavy atom. The van der Waals surface area contributed by atoms with Crippen molar-refractivity contribution in [2.24, 2.45) is 0 Å². The molecule has 0 unspecified atom stereocenters. The van der Waals surface area contributed by atoms with Crippen molar-refractivity contribution in [1.82, 2.24) is 25.2 Å². The van der Waals surface area contributed by atoms with E-state index in [0.29, 0.717) is 18.4 Å². The monoisotopic (exact) mass is 397 g/mol. The molecule has 0 atom stereocenters. The first-order valence-electron chi connectivity index (χ1n) is 10.1. The molecule has 1 fully saturated rings. The molecule has 0 saturated heterocycles. The Labute approximate surface area is 169 Å². The van der Waals surface area contributed by atoms with Crippen LogP contribution in [0.15, 0.2) is 28.8 Å². The van der Waals surface area contributed by atoms with Crippen LogP contribution < -0.4 is 5.32 Å². The van der Waals surface area contributed by atoms with Gasteiger partial charge in [-0.05, 0) is 49.4 Å². The normalized spacial score (nSPS) is 21.8. The van der Waals surface area contributed by atoms with Crippen molar-refractivity contribution in [3.63, 3.8) is 0 Å². The van der Waals surface area contributed by atoms with E-state index in [9.17, 15) is 0 Å². The summed E-state index contributed by atoms with van der Waals surface area (Å²) in [5.74, 6) is 3.93. The van der Waals surface area contributed by atoms with Crippen molar-refractivity contribution >= 4 is 11.6 Å². The summed E-state index contributed by atoms with van der Waals surface area (Å²) < 4.78 is 7.66. The molecule has 0 spiro atoms. The lowest BCUT2D eigenvalue weighted by molar-refractivity contribution is 0.344. The molecule has 3 heterocycles. The molecule has 2 aromatic heterocycles. The summed E-state index contributed by atoms with van der Waals surface area (Å²) in [5, 5.41) is 17.6. The van der Waals surface area contributed by atoms with E-state index in [1.165, 1.54) is 5.56 Å². The van der Waals surface area contributed by atoms with E-state index < -0.39 is 0 Å². The number of halogens is 1. The van der Waals surface area contributed by atoms with Crippen LogP contribution in [0.5, 0.6) is 0 Å². The number of rotatable bonds is 3. The van der Waals surface area contributed by atoms with E-state index in [1.54, 1.807) is 0 Å². The SMILES string of the molecule is CCc1cc([C@H]2CC[C@H](c3nnc4n3-c3ccc(Cl)cc3CNC4)CC2)no1. The summed E-state index contributed by atoms with van der Waals surface area (Å²) in [4.78, 5) is 0. The smallest absolute Gasteiger partial charge is 0.151 e. The average Bonchev–Trinajstić information content (AvgIpc) is 3.32. The van der Waals surface area contributed by atoms with Gasteiger partial charge in [-0.25, -0.2) is 0 Å². The lowest BCUT2D eigenvalue weighted by atomic mass is 9.80. The van der Waals surface area contributed by atoms with E-state index in [0.717, 1.165) is 72.5 Å². The molecule has 1 aliphatic heterocycles. The van der Waals surface area contributed by atoms with Gasteiger partial charge in [0.15, 0.2) is 5.82 Å². The van der Waals surface area contributed by atoms with E-state index in [-0.39, 0.29) is 0 Å². The second kappa shape index (κ2) is 7.33. The van der Waals surface area contributed by atoms with E-state index in [2.05, 4.69) is 44.3 Å². The molecule has 7 heteroatoms. The van der Waals surface area contributed by atoms with Crippen molar-refractivity contribution in [3.05, 3.63) is 58.0 Å². The van der Waals surface area contributed by atoms with Crippen molar-refractivity contribution < 1.29 is 4.52 Å². The van der Waals surface area contributed by atoms with Crippen molar-refractivity contribution in [1.29, 1.82) is 0 Å². The van der Waals surface area contributed by atoms with Crippen LogP contribution in [-0.4, -0.2) is 19.9 Å². The van der Waals surface area contributed by atoms with Gasteiger partial charge in [-0.3, -0.25) is 4.57 Å². The lowest BCUT2D eigenvalue weighted by Crippen LogP contribution is -2.17. The molecule has 1 saturated carbocycles. The van der Waals surface area contributed by atoms with Crippen LogP contribution in [0.25, 0.3) is 5.69 Å². The van der Waals surface area contributed by atoms with Crippen molar-refractivity contribution in [2.45, 2.75) is 64.0 Å². The first kappa shape index (κ1) is 17.9. The van der Waals surface area contributed by atoms with Crippen LogP contribution in [0, 0.1) is 0 Å². The van der Waals surface area contributed by atoms with Crippen LogP contribution in [0.3, 0.4) is 0 Å². The number of aromatic nitrogens is 4. The molecule has 0 amide bonds. The predicted molar refractivity (Wildman–Crippen MR) is 107 cm³/mol. The number of nitrogens with zero attached hydrogens (tertiary/aromatic N) is 4. The zero-order valence-corrected chi connectivity index (χ0v) is 16.7. The highest BCUT2D eigenvalue weighted by atomic mass is 35.5. The molecule has 3 aromatic rings. The molecule has 0 bridgehead atoms. The van der Waals surface area contributed by atoms with Gasteiger partial charge in [0.2, 0.25) is 0 Å². The molecule has 5 rings (SSSR count). The highest BCUT2D eigenvalue weighted by Gasteiger charge is 2.30. The third-order valence-corrected chi connectivity index (χ3v) is 6.31. The molecule has 1 aliphatic carbocycles. The van der Waals surface area contributed by atoms with Crippen LogP contribution in [-0.2, 0) is 19.5 Å². The fourth-order valence-corrected chi connectivity index (χ4v) is 4.72. The number of hydrogen-bond acceptors (Lipinski definition) is 5. The van der Waals surface area contributed by atoms with Crippen molar-refractivity contribution in [3.8, 4) is 5.69 Å². The van der Waals surface area contributed by atoms with Gasteiger partial charge in [-0.1, -0.05) is 23.7 Å². The summed E-state index contributed by atoms with van der Waals surface area (Å²) >= 11 is 6.22. The van der Waals surface area contributed by atoms with Gasteiger partial charge < -0.3 is 9.84 Å². The molecule has 146 valence electrons. The van der Waals surface area contributed by atoms with Gasteiger partial charge in [0, 0.05) is 35.9 Å². The second-order valence-corrected chi connectivity index (χ2v) is 8.24. The summed E-state index contributed by atoms with van der Waals surface area (Å²) in [6.07, 6.45) is 5.29. The minimum absolute atomic E-state index is 0.414. The Bertz CT molecular complexity index is 987. The second-order valence-electron chi connectivity index (χ2n) is 7.81. The highest BCUT2D eigenvalue weighted by molar-refractivity contribution is 6.30. The quantitative estimate of drug-likeness (QED) is 0.703. The molecular formula is C21H24ClN5O.